The number of hydrogen-bond donors (Lipinski definition) is 0. The number of carbonyl (C=O) groups is 2. The van der Waals surface area contributed by atoms with Crippen LogP contribution in [0, 0.1) is 0 Å². The first kappa shape index (κ1) is 18.7. The molecule has 1 unspecified atom stereocenters. The van der Waals surface area contributed by atoms with Gasteiger partial charge in [-0.15, -0.1) is 0 Å². The Morgan fingerprint density at radius 2 is 1.67 bits per heavy atom. The summed E-state index contributed by atoms with van der Waals surface area (Å²) in [5.41, 5.74) is 0.991. The van der Waals surface area contributed by atoms with Gasteiger partial charge in [-0.25, -0.2) is 0 Å². The lowest BCUT2D eigenvalue weighted by Crippen LogP contribution is -2.41. The zero-order chi connectivity index (χ0) is 19.6. The van der Waals surface area contributed by atoms with Crippen molar-refractivity contribution in [2.45, 2.75) is 58.0 Å². The Labute approximate surface area is 148 Å². The van der Waals surface area contributed by atoms with Crippen LogP contribution < -0.4 is 0 Å². The first-order chi connectivity index (χ1) is 11.3. The molecule has 4 heteroatoms. The van der Waals surface area contributed by atoms with Gasteiger partial charge in [0.1, 0.15) is 1.37 Å². The molecule has 0 N–H and O–H groups in total. The number of Topliss-reactive ketones (excluding diaryl/α,β-unsaturated/α-hetero) is 1. The molecule has 0 saturated heterocycles. The molecule has 0 saturated carbocycles. The van der Waals surface area contributed by atoms with Crippen LogP contribution in [0.3, 0.4) is 0 Å². The van der Waals surface area contributed by atoms with E-state index in [0.29, 0.717) is 6.42 Å². The Balaban J connectivity index is 3.30. The van der Waals surface area contributed by atoms with E-state index >= 15 is 0 Å². The molecule has 1 aromatic rings. The van der Waals surface area contributed by atoms with E-state index in [1.807, 2.05) is 64.0 Å². The van der Waals surface area contributed by atoms with Gasteiger partial charge >= 0.3 is 0 Å². The van der Waals surface area contributed by atoms with E-state index in [1.54, 1.807) is 7.05 Å². The van der Waals surface area contributed by atoms with Gasteiger partial charge in [0.2, 0.25) is 6.39 Å². The van der Waals surface area contributed by atoms with Crippen molar-refractivity contribution in [2.24, 2.45) is 0 Å². The highest BCUT2D eigenvalue weighted by Gasteiger charge is 2.34. The Bertz CT molecular complexity index is 638. The summed E-state index contributed by atoms with van der Waals surface area (Å²) in [4.78, 5) is 27.6. The number of hydrogen-bond acceptors (Lipinski definition) is 3. The molecule has 134 valence electrons. The van der Waals surface area contributed by atoms with Crippen molar-refractivity contribution in [2.75, 3.05) is 21.1 Å². The monoisotopic (exact) mass is 333 g/mol. The summed E-state index contributed by atoms with van der Waals surface area (Å²) in [6.07, 6.45) is -0.312. The topological polar surface area (TPSA) is 40.6 Å². The van der Waals surface area contributed by atoms with Crippen LogP contribution in [0.2, 0.25) is 0 Å². The Hall–Kier alpha value is -1.68. The van der Waals surface area contributed by atoms with Gasteiger partial charge in [-0.1, -0.05) is 38.1 Å². The summed E-state index contributed by atoms with van der Waals surface area (Å²) < 4.78 is 7.46. The molecule has 0 spiro atoms. The van der Waals surface area contributed by atoms with Crippen molar-refractivity contribution in [1.29, 1.82) is 0 Å². The fourth-order valence-corrected chi connectivity index (χ4v) is 2.87. The fraction of sp³-hybridized carbons (Fsp3) is 0.600. The highest BCUT2D eigenvalue weighted by molar-refractivity contribution is 5.84. The molecule has 0 radical (unpaired) electrons. The highest BCUT2D eigenvalue weighted by Crippen LogP contribution is 2.37. The molecule has 0 fully saturated rings. The fourth-order valence-electron chi connectivity index (χ4n) is 2.87. The second-order valence-electron chi connectivity index (χ2n) is 7.92. The highest BCUT2D eigenvalue weighted by atomic mass is 16.1. The normalized spacial score (nSPS) is 14.3. The maximum Gasteiger partial charge on any atom is 0.210 e. The van der Waals surface area contributed by atoms with Gasteiger partial charge in [-0.05, 0) is 51.4 Å². The predicted octanol–water partition coefficient (Wildman–Crippen LogP) is 3.20. The minimum absolute atomic E-state index is 0.142. The van der Waals surface area contributed by atoms with Crippen molar-refractivity contribution >= 4 is 12.2 Å². The van der Waals surface area contributed by atoms with Crippen LogP contribution in [-0.2, 0) is 20.5 Å². The summed E-state index contributed by atoms with van der Waals surface area (Å²) >= 11 is 0. The van der Waals surface area contributed by atoms with Crippen molar-refractivity contribution in [1.82, 2.24) is 9.80 Å². The zero-order valence-electron chi connectivity index (χ0n) is 17.3. The summed E-state index contributed by atoms with van der Waals surface area (Å²) in [6, 6.07) is 7.75. The van der Waals surface area contributed by atoms with Crippen LogP contribution in [-0.4, -0.2) is 49.2 Å². The number of ketones is 1. The van der Waals surface area contributed by atoms with Crippen LogP contribution >= 0.6 is 0 Å². The Kier molecular flexibility index (Phi) is 5.81. The van der Waals surface area contributed by atoms with Crippen LogP contribution in [0.25, 0.3) is 0 Å². The average molecular weight is 333 g/mol. The molecule has 4 nitrogen and oxygen atoms in total. The third-order valence-corrected chi connectivity index (χ3v) is 5.15. The van der Waals surface area contributed by atoms with E-state index in [1.165, 1.54) is 4.90 Å². The SMILES string of the molecule is [2H]C(=O)N(C)C(C)(C)c1ccccc1C(C)(C)CC(=O)C(C)N(C)C. The molecular weight excluding hydrogens is 300 g/mol. The third-order valence-electron chi connectivity index (χ3n) is 5.15. The lowest BCUT2D eigenvalue weighted by atomic mass is 9.73. The number of benzene rings is 1. The smallest absolute Gasteiger partial charge is 0.210 e. The maximum absolute atomic E-state index is 12.6. The molecule has 1 atom stereocenters. The van der Waals surface area contributed by atoms with Crippen LogP contribution in [0.1, 0.15) is 53.5 Å². The van der Waals surface area contributed by atoms with Crippen molar-refractivity contribution in [3.05, 3.63) is 35.4 Å². The summed E-state index contributed by atoms with van der Waals surface area (Å²) in [5.74, 6) is 0.188. The van der Waals surface area contributed by atoms with E-state index in [0.717, 1.165) is 11.1 Å². The standard InChI is InChI=1S/C20H32N2O2/c1-15(21(6)7)18(24)13-19(2,3)16-11-9-10-12-17(16)20(4,5)22(8)14-23/h9-12,14-15H,13H2,1-8H3/i14D. The molecule has 0 aromatic heterocycles. The largest absolute Gasteiger partial charge is 0.339 e. The number of nitrogens with zero attached hydrogens (tertiary/aromatic N) is 2. The quantitative estimate of drug-likeness (QED) is 0.720. The van der Waals surface area contributed by atoms with Gasteiger partial charge in [0.05, 0.1) is 11.6 Å². The van der Waals surface area contributed by atoms with Crippen molar-refractivity contribution in [3.63, 3.8) is 0 Å². The molecule has 0 bridgehead atoms. The van der Waals surface area contributed by atoms with Crippen LogP contribution in [0.5, 0.6) is 0 Å². The van der Waals surface area contributed by atoms with E-state index in [9.17, 15) is 9.59 Å². The van der Waals surface area contributed by atoms with Crippen molar-refractivity contribution in [3.8, 4) is 0 Å². The third kappa shape index (κ3) is 4.23. The summed E-state index contributed by atoms with van der Waals surface area (Å²) in [7, 11) is 5.45. The van der Waals surface area contributed by atoms with E-state index in [4.69, 9.17) is 1.37 Å². The molecule has 1 amide bonds. The molecule has 0 aliphatic heterocycles. The van der Waals surface area contributed by atoms with E-state index in [2.05, 4.69) is 13.8 Å². The second kappa shape index (κ2) is 7.47. The molecule has 24 heavy (non-hydrogen) atoms. The molecule has 0 aliphatic rings. The first-order valence-corrected chi connectivity index (χ1v) is 8.36. The summed E-state index contributed by atoms with van der Waals surface area (Å²) in [5, 5.41) is 0. The minimum Gasteiger partial charge on any atom is -0.339 e. The molecular formula is C20H32N2O2. The van der Waals surface area contributed by atoms with Crippen LogP contribution in [0.15, 0.2) is 24.3 Å². The van der Waals surface area contributed by atoms with Crippen molar-refractivity contribution < 1.29 is 11.0 Å². The van der Waals surface area contributed by atoms with E-state index < -0.39 is 11.9 Å². The minimum atomic E-state index is -0.727. The van der Waals surface area contributed by atoms with Gasteiger partial charge in [0.25, 0.3) is 0 Å². The van der Waals surface area contributed by atoms with Gasteiger partial charge in [-0.3, -0.25) is 14.5 Å². The van der Waals surface area contributed by atoms with E-state index in [-0.39, 0.29) is 17.2 Å². The van der Waals surface area contributed by atoms with Gasteiger partial charge in [0.15, 0.2) is 5.78 Å². The lowest BCUT2D eigenvalue weighted by molar-refractivity contribution is -0.124. The number of amides is 1. The van der Waals surface area contributed by atoms with Crippen LogP contribution in [0.4, 0.5) is 0 Å². The maximum atomic E-state index is 12.6. The Morgan fingerprint density at radius 3 is 2.12 bits per heavy atom. The molecule has 1 aromatic carbocycles. The number of carbonyl (C=O) groups excluding carboxylic acids is 2. The number of rotatable bonds is 7. The lowest BCUT2D eigenvalue weighted by Gasteiger charge is -2.38. The Morgan fingerprint density at radius 1 is 1.17 bits per heavy atom. The average Bonchev–Trinajstić information content (AvgIpc) is 2.52. The molecule has 0 aliphatic carbocycles. The zero-order valence-corrected chi connectivity index (χ0v) is 16.3. The van der Waals surface area contributed by atoms with Gasteiger partial charge < -0.3 is 4.90 Å². The van der Waals surface area contributed by atoms with Gasteiger partial charge in [0, 0.05) is 13.5 Å². The molecule has 1 rings (SSSR count). The predicted molar refractivity (Wildman–Crippen MR) is 99.1 cm³/mol. The van der Waals surface area contributed by atoms with Gasteiger partial charge in [-0.2, -0.15) is 0 Å². The number of likely N-dealkylation sites (N-methyl/N-ethyl adjacent to an activating group) is 1. The summed E-state index contributed by atoms with van der Waals surface area (Å²) in [6.45, 7) is 9.90. The second-order valence-corrected chi connectivity index (χ2v) is 7.92. The first-order valence-electron chi connectivity index (χ1n) is 8.86. The molecule has 0 heterocycles.